The summed E-state index contributed by atoms with van der Waals surface area (Å²) in [5.74, 6) is 0.470. The molecule has 6 nitrogen and oxygen atoms in total. The van der Waals surface area contributed by atoms with Crippen LogP contribution in [0, 0.1) is 13.8 Å². The summed E-state index contributed by atoms with van der Waals surface area (Å²) in [5.41, 5.74) is 2.46. The molecule has 1 unspecified atom stereocenters. The number of nitrogens with one attached hydrogen (secondary N) is 2. The van der Waals surface area contributed by atoms with Gasteiger partial charge in [0.1, 0.15) is 12.4 Å². The molecule has 162 valence electrons. The van der Waals surface area contributed by atoms with E-state index in [-0.39, 0.29) is 16.8 Å². The van der Waals surface area contributed by atoms with Gasteiger partial charge in [-0.1, -0.05) is 42.5 Å². The van der Waals surface area contributed by atoms with E-state index in [1.807, 2.05) is 38.1 Å². The predicted octanol–water partition coefficient (Wildman–Crippen LogP) is 4.30. The van der Waals surface area contributed by atoms with Crippen molar-refractivity contribution in [1.82, 2.24) is 5.32 Å². The van der Waals surface area contributed by atoms with Crippen LogP contribution in [0.25, 0.3) is 0 Å². The van der Waals surface area contributed by atoms with Gasteiger partial charge >= 0.3 is 0 Å². The maximum absolute atomic E-state index is 12.7. The average Bonchev–Trinajstić information content (AvgIpc) is 2.75. The number of para-hydroxylation sites is 1. The van der Waals surface area contributed by atoms with E-state index >= 15 is 0 Å². The van der Waals surface area contributed by atoms with Crippen molar-refractivity contribution < 1.29 is 17.9 Å². The fourth-order valence-corrected chi connectivity index (χ4v) is 4.10. The van der Waals surface area contributed by atoms with Crippen molar-refractivity contribution >= 4 is 21.6 Å². The normalized spacial score (nSPS) is 12.1. The van der Waals surface area contributed by atoms with Gasteiger partial charge in [0, 0.05) is 5.56 Å². The molecule has 3 aromatic carbocycles. The largest absolute Gasteiger partial charge is 0.491 e. The first kappa shape index (κ1) is 22.4. The third kappa shape index (κ3) is 5.86. The first-order chi connectivity index (χ1) is 14.8. The first-order valence-electron chi connectivity index (χ1n) is 9.94. The minimum Gasteiger partial charge on any atom is -0.491 e. The summed E-state index contributed by atoms with van der Waals surface area (Å²) in [7, 11) is -3.75. The Morgan fingerprint density at radius 2 is 1.61 bits per heavy atom. The zero-order valence-electron chi connectivity index (χ0n) is 17.8. The number of aryl methyl sites for hydroxylation is 2. The Morgan fingerprint density at radius 3 is 2.32 bits per heavy atom. The van der Waals surface area contributed by atoms with E-state index in [1.54, 1.807) is 43.3 Å². The van der Waals surface area contributed by atoms with Crippen LogP contribution in [0.15, 0.2) is 77.7 Å². The van der Waals surface area contributed by atoms with Crippen molar-refractivity contribution in [2.75, 3.05) is 11.3 Å². The smallest absolute Gasteiger partial charge is 0.261 e. The van der Waals surface area contributed by atoms with Crippen molar-refractivity contribution in [3.05, 3.63) is 89.5 Å². The van der Waals surface area contributed by atoms with Crippen molar-refractivity contribution in [2.45, 2.75) is 31.7 Å². The highest BCUT2D eigenvalue weighted by Gasteiger charge is 2.17. The highest BCUT2D eigenvalue weighted by molar-refractivity contribution is 7.92. The van der Waals surface area contributed by atoms with Crippen LogP contribution in [0.5, 0.6) is 5.75 Å². The van der Waals surface area contributed by atoms with E-state index in [4.69, 9.17) is 4.74 Å². The van der Waals surface area contributed by atoms with Gasteiger partial charge in [-0.05, 0) is 62.2 Å². The van der Waals surface area contributed by atoms with Crippen LogP contribution in [0.3, 0.4) is 0 Å². The third-order valence-electron chi connectivity index (χ3n) is 4.76. The maximum Gasteiger partial charge on any atom is 0.261 e. The summed E-state index contributed by atoms with van der Waals surface area (Å²) in [6, 6.07) is 20.5. The molecule has 0 aromatic heterocycles. The molecule has 31 heavy (non-hydrogen) atoms. The Bertz CT molecular complexity index is 1160. The molecular formula is C24H26N2O4S. The Kier molecular flexibility index (Phi) is 6.97. The van der Waals surface area contributed by atoms with E-state index in [1.165, 1.54) is 12.1 Å². The number of sulfonamides is 1. The van der Waals surface area contributed by atoms with Gasteiger partial charge in [-0.15, -0.1) is 0 Å². The fourth-order valence-electron chi connectivity index (χ4n) is 2.96. The molecule has 0 saturated heterocycles. The lowest BCUT2D eigenvalue weighted by Gasteiger charge is -2.17. The van der Waals surface area contributed by atoms with Crippen LogP contribution >= 0.6 is 0 Å². The van der Waals surface area contributed by atoms with E-state index in [0.717, 1.165) is 11.3 Å². The molecule has 0 spiro atoms. The molecule has 3 rings (SSSR count). The summed E-state index contributed by atoms with van der Waals surface area (Å²) in [4.78, 5) is 12.8. The van der Waals surface area contributed by atoms with Gasteiger partial charge in [0.2, 0.25) is 0 Å². The molecule has 1 atom stereocenters. The van der Waals surface area contributed by atoms with Gasteiger partial charge in [0.25, 0.3) is 15.9 Å². The third-order valence-corrected chi connectivity index (χ3v) is 6.14. The van der Waals surface area contributed by atoms with Gasteiger partial charge in [-0.2, -0.15) is 0 Å². The molecule has 0 aliphatic rings. The zero-order chi connectivity index (χ0) is 22.4. The van der Waals surface area contributed by atoms with Crippen molar-refractivity contribution in [1.29, 1.82) is 0 Å². The molecule has 3 aromatic rings. The molecule has 2 N–H and O–H groups in total. The number of carbonyl (C=O) groups is 1. The topological polar surface area (TPSA) is 84.5 Å². The van der Waals surface area contributed by atoms with Gasteiger partial charge in [-0.25, -0.2) is 8.42 Å². The predicted molar refractivity (Wildman–Crippen MR) is 122 cm³/mol. The van der Waals surface area contributed by atoms with Gasteiger partial charge < -0.3 is 10.1 Å². The molecule has 1 amide bonds. The molecular weight excluding hydrogens is 412 g/mol. The van der Waals surface area contributed by atoms with Crippen LogP contribution in [0.1, 0.15) is 28.4 Å². The second-order valence-electron chi connectivity index (χ2n) is 7.40. The SMILES string of the molecule is Cc1ccc(C(=O)NC(C)COc2ccccc2C)cc1NS(=O)(=O)c1ccccc1. The number of anilines is 1. The average molecular weight is 439 g/mol. The Labute approximate surface area is 183 Å². The Balaban J connectivity index is 1.67. The van der Waals surface area contributed by atoms with E-state index < -0.39 is 10.0 Å². The molecule has 7 heteroatoms. The van der Waals surface area contributed by atoms with E-state index in [2.05, 4.69) is 10.0 Å². The lowest BCUT2D eigenvalue weighted by Crippen LogP contribution is -2.36. The molecule has 0 fully saturated rings. The highest BCUT2D eigenvalue weighted by Crippen LogP contribution is 2.21. The van der Waals surface area contributed by atoms with Crippen molar-refractivity contribution in [3.8, 4) is 5.75 Å². The highest BCUT2D eigenvalue weighted by atomic mass is 32.2. The first-order valence-corrected chi connectivity index (χ1v) is 11.4. The number of carbonyl (C=O) groups excluding carboxylic acids is 1. The Morgan fingerprint density at radius 1 is 0.935 bits per heavy atom. The zero-order valence-corrected chi connectivity index (χ0v) is 18.6. The minimum atomic E-state index is -3.75. The fraction of sp³-hybridized carbons (Fsp3) is 0.208. The van der Waals surface area contributed by atoms with Crippen LogP contribution in [-0.4, -0.2) is 27.0 Å². The van der Waals surface area contributed by atoms with Crippen LogP contribution in [0.4, 0.5) is 5.69 Å². The van der Waals surface area contributed by atoms with Crippen molar-refractivity contribution in [3.63, 3.8) is 0 Å². The lowest BCUT2D eigenvalue weighted by molar-refractivity contribution is 0.0926. The molecule has 0 bridgehead atoms. The summed E-state index contributed by atoms with van der Waals surface area (Å²) in [5, 5.41) is 2.89. The van der Waals surface area contributed by atoms with Gasteiger partial charge in [0.05, 0.1) is 16.6 Å². The quantitative estimate of drug-likeness (QED) is 0.549. The lowest BCUT2D eigenvalue weighted by atomic mass is 10.1. The molecule has 0 saturated carbocycles. The number of amides is 1. The molecule has 0 aliphatic heterocycles. The molecule has 0 radical (unpaired) electrons. The number of ether oxygens (including phenoxy) is 1. The van der Waals surface area contributed by atoms with Gasteiger partial charge in [0.15, 0.2) is 0 Å². The van der Waals surface area contributed by atoms with E-state index in [9.17, 15) is 13.2 Å². The van der Waals surface area contributed by atoms with Crippen LogP contribution in [-0.2, 0) is 10.0 Å². The summed E-state index contributed by atoms with van der Waals surface area (Å²) >= 11 is 0. The number of hydrogen-bond donors (Lipinski definition) is 2. The number of benzene rings is 3. The van der Waals surface area contributed by atoms with Crippen LogP contribution in [0.2, 0.25) is 0 Å². The molecule has 0 heterocycles. The minimum absolute atomic E-state index is 0.159. The van der Waals surface area contributed by atoms with Crippen LogP contribution < -0.4 is 14.8 Å². The summed E-state index contributed by atoms with van der Waals surface area (Å²) in [6.45, 7) is 5.91. The number of hydrogen-bond acceptors (Lipinski definition) is 4. The standard InChI is InChI=1S/C24H26N2O4S/c1-17-13-14-20(15-22(17)26-31(28,29)21-10-5-4-6-11-21)24(27)25-19(3)16-30-23-12-8-7-9-18(23)2/h4-15,19,26H,16H2,1-3H3,(H,25,27). The second kappa shape index (κ2) is 9.66. The number of rotatable bonds is 8. The molecule has 0 aliphatic carbocycles. The summed E-state index contributed by atoms with van der Waals surface area (Å²) < 4.78 is 33.6. The van der Waals surface area contributed by atoms with Gasteiger partial charge in [-0.3, -0.25) is 9.52 Å². The maximum atomic E-state index is 12.7. The summed E-state index contributed by atoms with van der Waals surface area (Å²) in [6.07, 6.45) is 0. The second-order valence-corrected chi connectivity index (χ2v) is 9.08. The monoisotopic (exact) mass is 438 g/mol. The van der Waals surface area contributed by atoms with Crippen molar-refractivity contribution in [2.24, 2.45) is 0 Å². The van der Waals surface area contributed by atoms with E-state index in [0.29, 0.717) is 23.4 Å². The Hall–Kier alpha value is -3.32.